The number of furan rings is 1. The van der Waals surface area contributed by atoms with Gasteiger partial charge in [-0.3, -0.25) is 4.79 Å². The molecule has 1 unspecified atom stereocenters. The smallest absolute Gasteiger partial charge is 0.247 e. The zero-order chi connectivity index (χ0) is 15.0. The molecule has 1 aromatic heterocycles. The van der Waals surface area contributed by atoms with Crippen LogP contribution in [0.25, 0.3) is 6.08 Å². The quantitative estimate of drug-likeness (QED) is 0.795. The van der Waals surface area contributed by atoms with E-state index in [2.05, 4.69) is 0 Å². The van der Waals surface area contributed by atoms with Gasteiger partial charge in [0.25, 0.3) is 0 Å². The lowest BCUT2D eigenvalue weighted by Crippen LogP contribution is -2.41. The molecule has 5 nitrogen and oxygen atoms in total. The van der Waals surface area contributed by atoms with Crippen LogP contribution in [0.5, 0.6) is 0 Å². The van der Waals surface area contributed by atoms with Gasteiger partial charge in [-0.25, -0.2) is 8.42 Å². The first kappa shape index (κ1) is 14.4. The average molecular weight is 309 g/mol. The molecule has 0 bridgehead atoms. The largest absolute Gasteiger partial charge is 0.462 e. The third kappa shape index (κ3) is 3.37. The second-order valence-corrected chi connectivity index (χ2v) is 8.04. The third-order valence-electron chi connectivity index (χ3n) is 3.95. The van der Waals surface area contributed by atoms with Crippen LogP contribution in [-0.2, 0) is 14.6 Å². The zero-order valence-corrected chi connectivity index (χ0v) is 12.8. The standard InChI is InChI=1S/C15H19NO4S/c1-11-2-5-14(20-11)6-7-15(17)16(12-3-4-12)13-8-9-21(18,19)10-13/h2,5-7,12-13H,3-4,8-10H2,1H3. The molecule has 0 radical (unpaired) electrons. The van der Waals surface area contributed by atoms with Gasteiger partial charge in [-0.1, -0.05) is 0 Å². The van der Waals surface area contributed by atoms with Gasteiger partial charge in [0.2, 0.25) is 5.91 Å². The Kier molecular flexibility index (Phi) is 3.65. The van der Waals surface area contributed by atoms with E-state index in [-0.39, 0.29) is 29.5 Å². The Morgan fingerprint density at radius 1 is 1.29 bits per heavy atom. The van der Waals surface area contributed by atoms with Gasteiger partial charge in [-0.05, 0) is 44.4 Å². The molecule has 21 heavy (non-hydrogen) atoms. The SMILES string of the molecule is Cc1ccc(C=CC(=O)N(C2CC2)C2CCS(=O)(=O)C2)o1. The van der Waals surface area contributed by atoms with E-state index in [0.29, 0.717) is 12.2 Å². The molecule has 114 valence electrons. The van der Waals surface area contributed by atoms with E-state index in [1.165, 1.54) is 6.08 Å². The predicted octanol–water partition coefficient (Wildman–Crippen LogP) is 1.78. The number of rotatable bonds is 4. The highest BCUT2D eigenvalue weighted by Gasteiger charge is 2.41. The first-order chi connectivity index (χ1) is 9.94. The molecule has 0 aromatic carbocycles. The normalized spacial score (nSPS) is 24.5. The number of amides is 1. The van der Waals surface area contributed by atoms with E-state index in [1.54, 1.807) is 17.0 Å². The highest BCUT2D eigenvalue weighted by molar-refractivity contribution is 7.91. The summed E-state index contributed by atoms with van der Waals surface area (Å²) < 4.78 is 28.6. The molecule has 1 saturated carbocycles. The lowest BCUT2D eigenvalue weighted by molar-refractivity contribution is -0.128. The zero-order valence-electron chi connectivity index (χ0n) is 12.0. The molecule has 0 N–H and O–H groups in total. The molecule has 1 aliphatic carbocycles. The number of hydrogen-bond donors (Lipinski definition) is 0. The average Bonchev–Trinajstić information content (AvgIpc) is 3.05. The number of carbonyl (C=O) groups is 1. The summed E-state index contributed by atoms with van der Waals surface area (Å²) in [6.45, 7) is 1.85. The van der Waals surface area contributed by atoms with Gasteiger partial charge in [-0.15, -0.1) is 0 Å². The first-order valence-corrected chi connectivity index (χ1v) is 9.04. The Balaban J connectivity index is 1.72. The van der Waals surface area contributed by atoms with E-state index < -0.39 is 9.84 Å². The summed E-state index contributed by atoms with van der Waals surface area (Å²) in [6.07, 6.45) is 5.62. The monoisotopic (exact) mass is 309 g/mol. The fraction of sp³-hybridized carbons (Fsp3) is 0.533. The molecule has 6 heteroatoms. The highest BCUT2D eigenvalue weighted by Crippen LogP contribution is 2.32. The number of sulfone groups is 1. The Morgan fingerprint density at radius 2 is 2.05 bits per heavy atom. The molecule has 0 spiro atoms. The van der Waals surface area contributed by atoms with Crippen molar-refractivity contribution in [1.82, 2.24) is 4.90 Å². The summed E-state index contributed by atoms with van der Waals surface area (Å²) in [4.78, 5) is 14.2. The molecule has 1 aromatic rings. The Morgan fingerprint density at radius 3 is 2.57 bits per heavy atom. The topological polar surface area (TPSA) is 67.6 Å². The fourth-order valence-electron chi connectivity index (χ4n) is 2.79. The van der Waals surface area contributed by atoms with Gasteiger partial charge >= 0.3 is 0 Å². The number of carbonyl (C=O) groups excluding carboxylic acids is 1. The van der Waals surface area contributed by atoms with Crippen molar-refractivity contribution in [2.24, 2.45) is 0 Å². The minimum atomic E-state index is -2.98. The van der Waals surface area contributed by atoms with Crippen LogP contribution in [-0.4, -0.2) is 42.8 Å². The molecular formula is C15H19NO4S. The van der Waals surface area contributed by atoms with Crippen LogP contribution in [0.1, 0.15) is 30.8 Å². The summed E-state index contributed by atoms with van der Waals surface area (Å²) in [7, 11) is -2.98. The number of aryl methyl sites for hydroxylation is 1. The van der Waals surface area contributed by atoms with Crippen molar-refractivity contribution in [2.45, 2.75) is 38.3 Å². The maximum atomic E-state index is 12.4. The summed E-state index contributed by atoms with van der Waals surface area (Å²) >= 11 is 0. The summed E-state index contributed by atoms with van der Waals surface area (Å²) in [6, 6.07) is 3.68. The van der Waals surface area contributed by atoms with E-state index >= 15 is 0 Å². The second kappa shape index (κ2) is 5.33. The van der Waals surface area contributed by atoms with Crippen molar-refractivity contribution in [2.75, 3.05) is 11.5 Å². The molecule has 1 amide bonds. The molecule has 3 rings (SSSR count). The third-order valence-corrected chi connectivity index (χ3v) is 5.70. The second-order valence-electron chi connectivity index (χ2n) is 5.82. The van der Waals surface area contributed by atoms with Crippen molar-refractivity contribution < 1.29 is 17.6 Å². The predicted molar refractivity (Wildman–Crippen MR) is 79.4 cm³/mol. The molecule has 1 aliphatic heterocycles. The summed E-state index contributed by atoms with van der Waals surface area (Å²) in [5.74, 6) is 1.60. The molecule has 1 atom stereocenters. The molecule has 2 aliphatic rings. The maximum Gasteiger partial charge on any atom is 0.247 e. The first-order valence-electron chi connectivity index (χ1n) is 7.22. The summed E-state index contributed by atoms with van der Waals surface area (Å²) in [5, 5.41) is 0. The van der Waals surface area contributed by atoms with Gasteiger partial charge in [0.1, 0.15) is 11.5 Å². The van der Waals surface area contributed by atoms with Crippen LogP contribution >= 0.6 is 0 Å². The van der Waals surface area contributed by atoms with Crippen molar-refractivity contribution in [3.8, 4) is 0 Å². The molecular weight excluding hydrogens is 290 g/mol. The van der Waals surface area contributed by atoms with Gasteiger partial charge in [0, 0.05) is 18.2 Å². The molecule has 2 heterocycles. The maximum absolute atomic E-state index is 12.4. The minimum absolute atomic E-state index is 0.100. The van der Waals surface area contributed by atoms with Gasteiger partial charge in [0.15, 0.2) is 9.84 Å². The Bertz CT molecular complexity index is 670. The van der Waals surface area contributed by atoms with Gasteiger partial charge in [0.05, 0.1) is 11.5 Å². The number of hydrogen-bond acceptors (Lipinski definition) is 4. The molecule has 2 fully saturated rings. The van der Waals surface area contributed by atoms with Crippen LogP contribution in [0.15, 0.2) is 22.6 Å². The summed E-state index contributed by atoms with van der Waals surface area (Å²) in [5.41, 5.74) is 0. The Hall–Kier alpha value is -1.56. The van der Waals surface area contributed by atoms with Crippen molar-refractivity contribution in [3.05, 3.63) is 29.7 Å². The number of nitrogens with zero attached hydrogens (tertiary/aromatic N) is 1. The van der Waals surface area contributed by atoms with Crippen LogP contribution in [0, 0.1) is 6.92 Å². The lowest BCUT2D eigenvalue weighted by atomic mass is 10.2. The van der Waals surface area contributed by atoms with Crippen molar-refractivity contribution in [1.29, 1.82) is 0 Å². The fourth-order valence-corrected chi connectivity index (χ4v) is 4.50. The van der Waals surface area contributed by atoms with E-state index in [9.17, 15) is 13.2 Å². The van der Waals surface area contributed by atoms with Crippen molar-refractivity contribution >= 4 is 21.8 Å². The highest BCUT2D eigenvalue weighted by atomic mass is 32.2. The van der Waals surface area contributed by atoms with Gasteiger partial charge in [-0.2, -0.15) is 0 Å². The van der Waals surface area contributed by atoms with Crippen LogP contribution < -0.4 is 0 Å². The van der Waals surface area contributed by atoms with Crippen LogP contribution in [0.4, 0.5) is 0 Å². The van der Waals surface area contributed by atoms with Crippen molar-refractivity contribution in [3.63, 3.8) is 0 Å². The van der Waals surface area contributed by atoms with Gasteiger partial charge < -0.3 is 9.32 Å². The lowest BCUT2D eigenvalue weighted by Gasteiger charge is -2.27. The molecule has 1 saturated heterocycles. The van der Waals surface area contributed by atoms with E-state index in [1.807, 2.05) is 13.0 Å². The Labute approximate surface area is 124 Å². The van der Waals surface area contributed by atoms with Crippen LogP contribution in [0.2, 0.25) is 0 Å². The van der Waals surface area contributed by atoms with E-state index in [4.69, 9.17) is 4.42 Å². The van der Waals surface area contributed by atoms with E-state index in [0.717, 1.165) is 18.6 Å². The van der Waals surface area contributed by atoms with Crippen LogP contribution in [0.3, 0.4) is 0 Å². The minimum Gasteiger partial charge on any atom is -0.462 e.